The average Bonchev–Trinajstić information content (AvgIpc) is 2.01. The Kier molecular flexibility index (Phi) is 3.20. The van der Waals surface area contributed by atoms with Gasteiger partial charge in [0.05, 0.1) is 6.54 Å². The first kappa shape index (κ1) is 11.5. The first-order chi connectivity index (χ1) is 6.34. The number of piperazine rings is 1. The maximum Gasteiger partial charge on any atom is 0.237 e. The molecule has 0 spiro atoms. The Labute approximate surface area is 86.9 Å². The molecule has 1 rings (SSSR count). The zero-order chi connectivity index (χ0) is 10.9. The van der Waals surface area contributed by atoms with Crippen molar-refractivity contribution in [1.29, 1.82) is 0 Å². The first-order valence-electron chi connectivity index (χ1n) is 5.36. The third kappa shape index (κ3) is 2.27. The Bertz CT molecular complexity index is 218. The van der Waals surface area contributed by atoms with Gasteiger partial charge in [0.1, 0.15) is 0 Å². The monoisotopic (exact) mass is 198 g/mol. The van der Waals surface area contributed by atoms with Crippen LogP contribution in [0.15, 0.2) is 0 Å². The van der Waals surface area contributed by atoms with Gasteiger partial charge in [-0.2, -0.15) is 0 Å². The van der Waals surface area contributed by atoms with Crippen LogP contribution in [0.4, 0.5) is 0 Å². The minimum atomic E-state index is 0.146. The SMILES string of the molecule is CC(C)N1C(=O)CNCC1C(C)(C)C. The highest BCUT2D eigenvalue weighted by atomic mass is 16.2. The molecule has 3 nitrogen and oxygen atoms in total. The molecule has 1 heterocycles. The molecule has 0 bridgehead atoms. The lowest BCUT2D eigenvalue weighted by Crippen LogP contribution is -2.61. The number of hydrogen-bond acceptors (Lipinski definition) is 2. The smallest absolute Gasteiger partial charge is 0.237 e. The largest absolute Gasteiger partial charge is 0.334 e. The Morgan fingerprint density at radius 3 is 2.36 bits per heavy atom. The normalized spacial score (nSPS) is 24.6. The van der Waals surface area contributed by atoms with Crippen molar-refractivity contribution >= 4 is 5.91 Å². The summed E-state index contributed by atoms with van der Waals surface area (Å²) in [6, 6.07) is 0.609. The number of amides is 1. The summed E-state index contributed by atoms with van der Waals surface area (Å²) >= 11 is 0. The van der Waals surface area contributed by atoms with Crippen molar-refractivity contribution in [3.63, 3.8) is 0 Å². The number of rotatable bonds is 1. The van der Waals surface area contributed by atoms with Crippen molar-refractivity contribution < 1.29 is 4.79 Å². The van der Waals surface area contributed by atoms with E-state index in [0.717, 1.165) is 6.54 Å². The van der Waals surface area contributed by atoms with Crippen LogP contribution in [-0.4, -0.2) is 36.0 Å². The molecule has 82 valence electrons. The molecule has 0 saturated carbocycles. The van der Waals surface area contributed by atoms with Gasteiger partial charge < -0.3 is 10.2 Å². The molecule has 3 heteroatoms. The Balaban J connectivity index is 2.86. The molecular weight excluding hydrogens is 176 g/mol. The molecule has 1 amide bonds. The van der Waals surface area contributed by atoms with Crippen LogP contribution in [0, 0.1) is 5.41 Å². The molecule has 1 aliphatic rings. The minimum absolute atomic E-state index is 0.146. The van der Waals surface area contributed by atoms with E-state index in [1.54, 1.807) is 0 Å². The van der Waals surface area contributed by atoms with Crippen LogP contribution in [0.2, 0.25) is 0 Å². The van der Waals surface area contributed by atoms with Crippen molar-refractivity contribution in [1.82, 2.24) is 10.2 Å². The Morgan fingerprint density at radius 1 is 1.43 bits per heavy atom. The van der Waals surface area contributed by atoms with Gasteiger partial charge in [0.15, 0.2) is 0 Å². The zero-order valence-corrected chi connectivity index (χ0v) is 9.92. The number of nitrogens with one attached hydrogen (secondary N) is 1. The van der Waals surface area contributed by atoms with E-state index in [9.17, 15) is 4.79 Å². The van der Waals surface area contributed by atoms with Crippen molar-refractivity contribution in [2.24, 2.45) is 5.41 Å². The van der Waals surface area contributed by atoms with Crippen LogP contribution in [0.1, 0.15) is 34.6 Å². The summed E-state index contributed by atoms with van der Waals surface area (Å²) in [5.41, 5.74) is 0.146. The van der Waals surface area contributed by atoms with Gasteiger partial charge in [-0.3, -0.25) is 4.79 Å². The quantitative estimate of drug-likeness (QED) is 0.687. The van der Waals surface area contributed by atoms with E-state index < -0.39 is 0 Å². The lowest BCUT2D eigenvalue weighted by Gasteiger charge is -2.45. The topological polar surface area (TPSA) is 32.3 Å². The number of nitrogens with zero attached hydrogens (tertiary/aromatic N) is 1. The summed E-state index contributed by atoms with van der Waals surface area (Å²) in [6.07, 6.45) is 0. The average molecular weight is 198 g/mol. The number of carbonyl (C=O) groups excluding carboxylic acids is 1. The summed E-state index contributed by atoms with van der Waals surface area (Å²) < 4.78 is 0. The van der Waals surface area contributed by atoms with E-state index in [0.29, 0.717) is 18.6 Å². The van der Waals surface area contributed by atoms with E-state index in [1.807, 2.05) is 4.90 Å². The minimum Gasteiger partial charge on any atom is -0.334 e. The molecule has 0 aromatic heterocycles. The first-order valence-corrected chi connectivity index (χ1v) is 5.36. The molecule has 1 saturated heterocycles. The fourth-order valence-electron chi connectivity index (χ4n) is 2.05. The summed E-state index contributed by atoms with van der Waals surface area (Å²) in [7, 11) is 0. The molecule has 1 fully saturated rings. The zero-order valence-electron chi connectivity index (χ0n) is 9.92. The van der Waals surface area contributed by atoms with Crippen LogP contribution < -0.4 is 5.32 Å². The highest BCUT2D eigenvalue weighted by Gasteiger charge is 2.37. The van der Waals surface area contributed by atoms with Gasteiger partial charge in [-0.15, -0.1) is 0 Å². The van der Waals surface area contributed by atoms with Gasteiger partial charge >= 0.3 is 0 Å². The van der Waals surface area contributed by atoms with Crippen LogP contribution in [0.5, 0.6) is 0 Å². The lowest BCUT2D eigenvalue weighted by atomic mass is 9.84. The molecule has 0 aromatic carbocycles. The van der Waals surface area contributed by atoms with E-state index in [1.165, 1.54) is 0 Å². The molecule has 0 radical (unpaired) electrons. The van der Waals surface area contributed by atoms with E-state index in [-0.39, 0.29) is 11.3 Å². The maximum absolute atomic E-state index is 11.8. The van der Waals surface area contributed by atoms with Gasteiger partial charge in [0.25, 0.3) is 0 Å². The van der Waals surface area contributed by atoms with Crippen molar-refractivity contribution in [3.05, 3.63) is 0 Å². The van der Waals surface area contributed by atoms with Crippen molar-refractivity contribution in [2.75, 3.05) is 13.1 Å². The molecule has 1 N–H and O–H groups in total. The molecule has 14 heavy (non-hydrogen) atoms. The highest BCUT2D eigenvalue weighted by molar-refractivity contribution is 5.79. The fourth-order valence-corrected chi connectivity index (χ4v) is 2.05. The third-order valence-electron chi connectivity index (χ3n) is 2.79. The predicted octanol–water partition coefficient (Wildman–Crippen LogP) is 1.24. The fraction of sp³-hybridized carbons (Fsp3) is 0.909. The molecule has 0 aromatic rings. The lowest BCUT2D eigenvalue weighted by molar-refractivity contribution is -0.140. The maximum atomic E-state index is 11.8. The molecule has 1 atom stereocenters. The van der Waals surface area contributed by atoms with Gasteiger partial charge in [0, 0.05) is 18.6 Å². The van der Waals surface area contributed by atoms with Crippen LogP contribution >= 0.6 is 0 Å². The Hall–Kier alpha value is -0.570. The second kappa shape index (κ2) is 3.89. The number of hydrogen-bond donors (Lipinski definition) is 1. The van der Waals surface area contributed by atoms with Crippen LogP contribution in [0.3, 0.4) is 0 Å². The summed E-state index contributed by atoms with van der Waals surface area (Å²) in [5.74, 6) is 0.228. The standard InChI is InChI=1S/C11H22N2O/c1-8(2)13-9(11(3,4)5)6-12-7-10(13)14/h8-9,12H,6-7H2,1-5H3. The second-order valence-electron chi connectivity index (χ2n) is 5.41. The molecule has 1 unspecified atom stereocenters. The van der Waals surface area contributed by atoms with Gasteiger partial charge in [-0.1, -0.05) is 20.8 Å². The number of carbonyl (C=O) groups is 1. The van der Waals surface area contributed by atoms with Crippen LogP contribution in [-0.2, 0) is 4.79 Å². The summed E-state index contributed by atoms with van der Waals surface area (Å²) in [5, 5.41) is 3.18. The Morgan fingerprint density at radius 2 is 2.00 bits per heavy atom. The molecule has 1 aliphatic heterocycles. The predicted molar refractivity (Wildman–Crippen MR) is 58.1 cm³/mol. The van der Waals surface area contributed by atoms with Gasteiger partial charge in [0.2, 0.25) is 5.91 Å². The van der Waals surface area contributed by atoms with E-state index in [4.69, 9.17) is 0 Å². The van der Waals surface area contributed by atoms with Gasteiger partial charge in [-0.25, -0.2) is 0 Å². The van der Waals surface area contributed by atoms with E-state index in [2.05, 4.69) is 39.9 Å². The highest BCUT2D eigenvalue weighted by Crippen LogP contribution is 2.27. The summed E-state index contributed by atoms with van der Waals surface area (Å²) in [4.78, 5) is 13.8. The third-order valence-corrected chi connectivity index (χ3v) is 2.79. The van der Waals surface area contributed by atoms with Gasteiger partial charge in [-0.05, 0) is 19.3 Å². The second-order valence-corrected chi connectivity index (χ2v) is 5.41. The van der Waals surface area contributed by atoms with Crippen LogP contribution in [0.25, 0.3) is 0 Å². The molecule has 0 aliphatic carbocycles. The van der Waals surface area contributed by atoms with E-state index >= 15 is 0 Å². The molecular formula is C11H22N2O. The van der Waals surface area contributed by atoms with Crippen molar-refractivity contribution in [3.8, 4) is 0 Å². The summed E-state index contributed by atoms with van der Waals surface area (Å²) in [6.45, 7) is 12.1. The van der Waals surface area contributed by atoms with Crippen molar-refractivity contribution in [2.45, 2.75) is 46.7 Å².